The number of aromatic nitrogens is 2. The van der Waals surface area contributed by atoms with E-state index in [1.54, 1.807) is 12.1 Å². The molecule has 1 aromatic heterocycles. The molecule has 3 heterocycles. The van der Waals surface area contributed by atoms with E-state index < -0.39 is 42.5 Å². The van der Waals surface area contributed by atoms with Crippen LogP contribution < -0.4 is 25.2 Å². The van der Waals surface area contributed by atoms with Crippen molar-refractivity contribution < 1.29 is 37.7 Å². The molecule has 2 aromatic carbocycles. The van der Waals surface area contributed by atoms with E-state index in [1.807, 2.05) is 30.3 Å². The summed E-state index contributed by atoms with van der Waals surface area (Å²) in [5.74, 6) is -4.73. The third kappa shape index (κ3) is 7.36. The van der Waals surface area contributed by atoms with Gasteiger partial charge in [0.05, 0.1) is 44.2 Å². The molecule has 0 bridgehead atoms. The van der Waals surface area contributed by atoms with Crippen LogP contribution in [-0.2, 0) is 16.1 Å². The molecular formula is C34H39F2N7O6. The van der Waals surface area contributed by atoms with Crippen LogP contribution in [0.1, 0.15) is 48.0 Å². The Morgan fingerprint density at radius 2 is 1.86 bits per heavy atom. The molecule has 6 rings (SSSR count). The fourth-order valence-corrected chi connectivity index (χ4v) is 6.49. The van der Waals surface area contributed by atoms with Crippen molar-refractivity contribution in [2.75, 3.05) is 48.9 Å². The maximum Gasteiger partial charge on any atom is 0.410 e. The number of nitrogens with one attached hydrogen (secondary N) is 2. The summed E-state index contributed by atoms with van der Waals surface area (Å²) in [5.41, 5.74) is 1.72. The highest BCUT2D eigenvalue weighted by atomic mass is 19.3. The quantitative estimate of drug-likeness (QED) is 0.318. The number of aliphatic hydroxyl groups is 1. The Labute approximate surface area is 282 Å². The lowest BCUT2D eigenvalue weighted by Gasteiger charge is -2.35. The zero-order valence-electron chi connectivity index (χ0n) is 27.3. The molecule has 0 unspecified atom stereocenters. The number of nitrogens with zero attached hydrogens (tertiary/aromatic N) is 5. The van der Waals surface area contributed by atoms with Gasteiger partial charge in [-0.3, -0.25) is 9.59 Å². The Balaban J connectivity index is 1.11. The van der Waals surface area contributed by atoms with Gasteiger partial charge in [-0.1, -0.05) is 43.2 Å². The van der Waals surface area contributed by atoms with E-state index in [-0.39, 0.29) is 48.0 Å². The molecule has 2 aliphatic heterocycles. The highest BCUT2D eigenvalue weighted by molar-refractivity contribution is 6.02. The van der Waals surface area contributed by atoms with Crippen LogP contribution in [0, 0.1) is 0 Å². The average molecular weight is 680 g/mol. The molecule has 13 nitrogen and oxygen atoms in total. The lowest BCUT2D eigenvalue weighted by Crippen LogP contribution is -2.55. The first-order valence-electron chi connectivity index (χ1n) is 16.2. The number of aliphatic hydroxyl groups excluding tert-OH is 1. The summed E-state index contributed by atoms with van der Waals surface area (Å²) in [6, 6.07) is 13.2. The summed E-state index contributed by atoms with van der Waals surface area (Å²) < 4.78 is 40.8. The normalized spacial score (nSPS) is 20.8. The summed E-state index contributed by atoms with van der Waals surface area (Å²) >= 11 is 0. The van der Waals surface area contributed by atoms with E-state index in [0.29, 0.717) is 18.7 Å². The van der Waals surface area contributed by atoms with Crippen molar-refractivity contribution in [1.82, 2.24) is 20.2 Å². The van der Waals surface area contributed by atoms with Gasteiger partial charge in [-0.05, 0) is 43.0 Å². The summed E-state index contributed by atoms with van der Waals surface area (Å²) in [5, 5.41) is 16.6. The molecule has 3 aliphatic rings. The first kappa shape index (κ1) is 33.8. The fourth-order valence-electron chi connectivity index (χ4n) is 6.49. The highest BCUT2D eigenvalue weighted by Gasteiger charge is 2.48. The molecule has 260 valence electrons. The lowest BCUT2D eigenvalue weighted by atomic mass is 10.0. The average Bonchev–Trinajstić information content (AvgIpc) is 3.63. The van der Waals surface area contributed by atoms with Crippen molar-refractivity contribution >= 4 is 41.0 Å². The Bertz CT molecular complexity index is 1690. The second-order valence-corrected chi connectivity index (χ2v) is 12.5. The molecule has 2 atom stereocenters. The topological polar surface area (TPSA) is 149 Å². The highest BCUT2D eigenvalue weighted by Crippen LogP contribution is 2.40. The number of hydrogen-bond donors (Lipinski definition) is 3. The number of β-amino-alcohol motifs (C(OH)–C–C–N with tert-alkyl or cyclic N) is 1. The van der Waals surface area contributed by atoms with Gasteiger partial charge in [0, 0.05) is 25.2 Å². The van der Waals surface area contributed by atoms with Crippen molar-refractivity contribution in [2.24, 2.45) is 0 Å². The molecule has 3 aromatic rings. The van der Waals surface area contributed by atoms with Crippen LogP contribution in [0.2, 0.25) is 0 Å². The zero-order valence-corrected chi connectivity index (χ0v) is 27.3. The van der Waals surface area contributed by atoms with Crippen molar-refractivity contribution in [3.05, 3.63) is 65.9 Å². The molecule has 1 saturated heterocycles. The van der Waals surface area contributed by atoms with E-state index in [0.717, 1.165) is 36.1 Å². The maximum atomic E-state index is 14.9. The van der Waals surface area contributed by atoms with E-state index in [1.165, 1.54) is 36.2 Å². The number of anilines is 4. The van der Waals surface area contributed by atoms with Crippen molar-refractivity contribution in [3.8, 4) is 5.75 Å². The van der Waals surface area contributed by atoms with Gasteiger partial charge in [0.1, 0.15) is 18.0 Å². The fraction of sp³-hybridized carbons (Fsp3) is 0.441. The first-order valence-corrected chi connectivity index (χ1v) is 16.2. The molecule has 0 spiro atoms. The predicted molar refractivity (Wildman–Crippen MR) is 176 cm³/mol. The monoisotopic (exact) mass is 679 g/mol. The van der Waals surface area contributed by atoms with Crippen molar-refractivity contribution in [3.63, 3.8) is 0 Å². The second kappa shape index (κ2) is 14.2. The number of fused-ring (bicyclic) bond motifs is 1. The predicted octanol–water partition coefficient (Wildman–Crippen LogP) is 4.09. The third-order valence-electron chi connectivity index (χ3n) is 9.21. The zero-order chi connectivity index (χ0) is 34.7. The van der Waals surface area contributed by atoms with Gasteiger partial charge in [0.25, 0.3) is 11.8 Å². The maximum absolute atomic E-state index is 14.9. The molecule has 3 amide bonds. The minimum absolute atomic E-state index is 0.00525. The SMILES string of the molecule is COc1cc(C(=O)N[C@@H]2CCN(C(=O)OCc3ccccc3)C[C@H]2O)ccc1Nc1ncc2c(n1)N(C1CCCC1)CC(F)(F)C(=O)N2C. The van der Waals surface area contributed by atoms with Crippen LogP contribution in [0.4, 0.5) is 36.7 Å². The van der Waals surface area contributed by atoms with Gasteiger partial charge in [-0.2, -0.15) is 13.8 Å². The van der Waals surface area contributed by atoms with E-state index in [2.05, 4.69) is 20.6 Å². The molecule has 2 fully saturated rings. The third-order valence-corrected chi connectivity index (χ3v) is 9.21. The molecule has 0 radical (unpaired) electrons. The molecule has 15 heteroatoms. The number of rotatable bonds is 8. The number of piperidine rings is 1. The number of carbonyl (C=O) groups excluding carboxylic acids is 3. The standard InChI is InChI=1S/C34H39F2N7O6/c1-41-26-17-37-32(40-29(26)43(23-10-6-7-11-23)20-34(35,36)31(41)46)39-25-13-12-22(16-28(25)48-2)30(45)38-24-14-15-42(18-27(24)44)33(47)49-19-21-8-4-3-5-9-21/h3-5,8-9,12-13,16-17,23-24,27,44H,6-7,10-11,14-15,18-20H2,1-2H3,(H,38,45)(H,37,39,40)/t24-,27-/m1/s1. The first-order chi connectivity index (χ1) is 23.5. The molecule has 3 N–H and O–H groups in total. The van der Waals surface area contributed by atoms with Crippen LogP contribution in [0.25, 0.3) is 0 Å². The number of hydrogen-bond acceptors (Lipinski definition) is 10. The van der Waals surface area contributed by atoms with E-state index in [9.17, 15) is 28.3 Å². The number of likely N-dealkylation sites (tertiary alicyclic amines) is 1. The number of ether oxygens (including phenoxy) is 2. The molecule has 1 saturated carbocycles. The van der Waals surface area contributed by atoms with Crippen LogP contribution >= 0.6 is 0 Å². The van der Waals surface area contributed by atoms with Gasteiger partial charge in [-0.25, -0.2) is 9.78 Å². The molecule has 1 aliphatic carbocycles. The summed E-state index contributed by atoms with van der Waals surface area (Å²) in [4.78, 5) is 51.1. The van der Waals surface area contributed by atoms with E-state index in [4.69, 9.17) is 9.47 Å². The number of amides is 3. The van der Waals surface area contributed by atoms with E-state index >= 15 is 0 Å². The Kier molecular flexibility index (Phi) is 9.81. The largest absolute Gasteiger partial charge is 0.495 e. The number of methoxy groups -OCH3 is 1. The van der Waals surface area contributed by atoms with Gasteiger partial charge in [0.2, 0.25) is 5.95 Å². The van der Waals surface area contributed by atoms with Gasteiger partial charge in [0.15, 0.2) is 5.82 Å². The Hall–Kier alpha value is -5.05. The minimum atomic E-state index is -3.59. The Morgan fingerprint density at radius 1 is 1.10 bits per heavy atom. The van der Waals surface area contributed by atoms with Crippen molar-refractivity contribution in [1.29, 1.82) is 0 Å². The number of carbonyl (C=O) groups is 3. The smallest absolute Gasteiger partial charge is 0.410 e. The number of benzene rings is 2. The van der Waals surface area contributed by atoms with Crippen LogP contribution in [0.5, 0.6) is 5.75 Å². The second-order valence-electron chi connectivity index (χ2n) is 12.5. The van der Waals surface area contributed by atoms with Crippen molar-refractivity contribution in [2.45, 2.75) is 62.8 Å². The van der Waals surface area contributed by atoms with Crippen LogP contribution in [-0.4, -0.2) is 95.8 Å². The lowest BCUT2D eigenvalue weighted by molar-refractivity contribution is -0.140. The Morgan fingerprint density at radius 3 is 2.57 bits per heavy atom. The van der Waals surface area contributed by atoms with Gasteiger partial charge in [-0.15, -0.1) is 0 Å². The summed E-state index contributed by atoms with van der Waals surface area (Å²) in [6.07, 6.45) is 3.37. The minimum Gasteiger partial charge on any atom is -0.495 e. The number of alkyl halides is 2. The summed E-state index contributed by atoms with van der Waals surface area (Å²) in [6.45, 7) is -0.356. The summed E-state index contributed by atoms with van der Waals surface area (Å²) in [7, 11) is 2.72. The van der Waals surface area contributed by atoms with Gasteiger partial charge < -0.3 is 39.9 Å². The van der Waals surface area contributed by atoms with Crippen LogP contribution in [0.15, 0.2) is 54.7 Å². The van der Waals surface area contributed by atoms with Gasteiger partial charge >= 0.3 is 12.0 Å². The number of halogens is 2. The molecule has 49 heavy (non-hydrogen) atoms. The molecular weight excluding hydrogens is 640 g/mol. The van der Waals surface area contributed by atoms with Crippen LogP contribution in [0.3, 0.4) is 0 Å².